The van der Waals surface area contributed by atoms with Gasteiger partial charge in [-0.05, 0) is 42.2 Å². The molecule has 0 aliphatic heterocycles. The molecule has 1 aromatic heterocycles. The number of amides is 1. The van der Waals surface area contributed by atoms with Crippen molar-refractivity contribution in [1.29, 1.82) is 0 Å². The summed E-state index contributed by atoms with van der Waals surface area (Å²) < 4.78 is 12.9. The van der Waals surface area contributed by atoms with E-state index in [1.807, 2.05) is 30.3 Å². The molecule has 128 valence electrons. The summed E-state index contributed by atoms with van der Waals surface area (Å²) in [6.45, 7) is 4.62. The second kappa shape index (κ2) is 7.43. The van der Waals surface area contributed by atoms with Gasteiger partial charge in [0.15, 0.2) is 0 Å². The van der Waals surface area contributed by atoms with E-state index in [4.69, 9.17) is 0 Å². The first kappa shape index (κ1) is 17.1. The largest absolute Gasteiger partial charge is 0.352 e. The van der Waals surface area contributed by atoms with Crippen molar-refractivity contribution in [3.63, 3.8) is 0 Å². The molecule has 25 heavy (non-hydrogen) atoms. The zero-order chi connectivity index (χ0) is 17.8. The average Bonchev–Trinajstić information content (AvgIpc) is 2.62. The number of rotatable bonds is 5. The van der Waals surface area contributed by atoms with E-state index in [0.717, 1.165) is 22.2 Å². The van der Waals surface area contributed by atoms with Crippen LogP contribution in [0.3, 0.4) is 0 Å². The number of carbonyl (C=O) groups excluding carboxylic acids is 1. The molecule has 3 nitrogen and oxygen atoms in total. The summed E-state index contributed by atoms with van der Waals surface area (Å²) in [5, 5.41) is 3.81. The molecule has 0 spiro atoms. The van der Waals surface area contributed by atoms with Gasteiger partial charge < -0.3 is 5.32 Å². The van der Waals surface area contributed by atoms with Gasteiger partial charge in [0.1, 0.15) is 5.82 Å². The van der Waals surface area contributed by atoms with Crippen LogP contribution < -0.4 is 5.32 Å². The Balaban J connectivity index is 1.78. The van der Waals surface area contributed by atoms with Crippen LogP contribution in [0.4, 0.5) is 4.39 Å². The van der Waals surface area contributed by atoms with Crippen LogP contribution in [0.5, 0.6) is 0 Å². The third-order valence-electron chi connectivity index (χ3n) is 4.18. The van der Waals surface area contributed by atoms with Crippen molar-refractivity contribution in [1.82, 2.24) is 10.3 Å². The fourth-order valence-electron chi connectivity index (χ4n) is 2.75. The first-order valence-electron chi connectivity index (χ1n) is 8.47. The van der Waals surface area contributed by atoms with Gasteiger partial charge in [0, 0.05) is 17.6 Å². The normalized spacial score (nSPS) is 11.0. The van der Waals surface area contributed by atoms with Crippen molar-refractivity contribution in [3.05, 3.63) is 77.2 Å². The van der Waals surface area contributed by atoms with Crippen molar-refractivity contribution < 1.29 is 9.18 Å². The molecule has 1 N–H and O–H groups in total. The molecule has 0 aliphatic rings. The molecule has 2 aromatic carbocycles. The van der Waals surface area contributed by atoms with Crippen LogP contribution in [0.1, 0.15) is 41.4 Å². The van der Waals surface area contributed by atoms with Crippen LogP contribution in [-0.2, 0) is 6.42 Å². The Morgan fingerprint density at radius 3 is 2.56 bits per heavy atom. The Morgan fingerprint density at radius 1 is 1.12 bits per heavy atom. The van der Waals surface area contributed by atoms with Crippen molar-refractivity contribution in [2.24, 2.45) is 0 Å². The number of pyridine rings is 1. The predicted octanol–water partition coefficient (Wildman–Crippen LogP) is 4.47. The van der Waals surface area contributed by atoms with E-state index in [0.29, 0.717) is 18.5 Å². The first-order chi connectivity index (χ1) is 12.0. The zero-order valence-corrected chi connectivity index (χ0v) is 14.4. The predicted molar refractivity (Wildman–Crippen MR) is 98.3 cm³/mol. The number of nitrogens with one attached hydrogen (secondary N) is 1. The van der Waals surface area contributed by atoms with Gasteiger partial charge in [-0.15, -0.1) is 0 Å². The first-order valence-corrected chi connectivity index (χ1v) is 8.47. The van der Waals surface area contributed by atoms with Gasteiger partial charge in [-0.2, -0.15) is 0 Å². The van der Waals surface area contributed by atoms with Gasteiger partial charge in [0.2, 0.25) is 0 Å². The summed E-state index contributed by atoms with van der Waals surface area (Å²) in [5.41, 5.74) is 3.37. The number of benzene rings is 2. The molecular weight excluding hydrogens is 315 g/mol. The molecule has 0 bridgehead atoms. The average molecular weight is 336 g/mol. The van der Waals surface area contributed by atoms with Crippen LogP contribution in [0.25, 0.3) is 10.9 Å². The van der Waals surface area contributed by atoms with E-state index in [2.05, 4.69) is 24.1 Å². The molecule has 0 aliphatic carbocycles. The number of fused-ring (bicyclic) bond motifs is 1. The molecule has 0 saturated heterocycles. The van der Waals surface area contributed by atoms with Crippen molar-refractivity contribution in [2.45, 2.75) is 26.2 Å². The minimum Gasteiger partial charge on any atom is -0.352 e. The highest BCUT2D eigenvalue weighted by Crippen LogP contribution is 2.22. The molecule has 3 aromatic rings. The highest BCUT2D eigenvalue weighted by molar-refractivity contribution is 6.06. The molecule has 0 saturated carbocycles. The van der Waals surface area contributed by atoms with E-state index in [-0.39, 0.29) is 17.6 Å². The molecule has 1 amide bonds. The Kier molecular flexibility index (Phi) is 5.08. The Morgan fingerprint density at radius 2 is 1.84 bits per heavy atom. The number of halogens is 1. The highest BCUT2D eigenvalue weighted by Gasteiger charge is 2.14. The Bertz CT molecular complexity index is 888. The highest BCUT2D eigenvalue weighted by atomic mass is 19.1. The fraction of sp³-hybridized carbons (Fsp3) is 0.238. The maximum Gasteiger partial charge on any atom is 0.252 e. The minimum atomic E-state index is -0.253. The summed E-state index contributed by atoms with van der Waals surface area (Å²) in [4.78, 5) is 17.3. The van der Waals surface area contributed by atoms with E-state index in [9.17, 15) is 9.18 Å². The summed E-state index contributed by atoms with van der Waals surface area (Å²) in [6.07, 6.45) is 0.659. The van der Waals surface area contributed by atoms with Crippen LogP contribution >= 0.6 is 0 Å². The lowest BCUT2D eigenvalue weighted by atomic mass is 10.0. The zero-order valence-electron chi connectivity index (χ0n) is 14.4. The lowest BCUT2D eigenvalue weighted by Crippen LogP contribution is -2.26. The Hall–Kier alpha value is -2.75. The molecule has 0 atom stereocenters. The van der Waals surface area contributed by atoms with Gasteiger partial charge in [0.05, 0.1) is 11.1 Å². The SMILES string of the molecule is CC(C)c1cc(C(=O)NCCc2ccc(F)cc2)c2ccccc2n1. The second-order valence-electron chi connectivity index (χ2n) is 6.40. The minimum absolute atomic E-state index is 0.109. The molecular formula is C21H21FN2O. The summed E-state index contributed by atoms with van der Waals surface area (Å²) in [6, 6.07) is 15.9. The number of para-hydroxylation sites is 1. The van der Waals surface area contributed by atoms with Crippen LogP contribution in [0.2, 0.25) is 0 Å². The number of nitrogens with zero attached hydrogens (tertiary/aromatic N) is 1. The number of hydrogen-bond donors (Lipinski definition) is 1. The molecule has 3 rings (SSSR count). The topological polar surface area (TPSA) is 42.0 Å². The van der Waals surface area contributed by atoms with Gasteiger partial charge >= 0.3 is 0 Å². The molecule has 4 heteroatoms. The van der Waals surface area contributed by atoms with Gasteiger partial charge in [-0.3, -0.25) is 9.78 Å². The van der Waals surface area contributed by atoms with Gasteiger partial charge in [-0.25, -0.2) is 4.39 Å². The smallest absolute Gasteiger partial charge is 0.252 e. The number of hydrogen-bond acceptors (Lipinski definition) is 2. The third kappa shape index (κ3) is 4.02. The Labute approximate surface area is 146 Å². The molecule has 0 unspecified atom stereocenters. The summed E-state index contributed by atoms with van der Waals surface area (Å²) in [7, 11) is 0. The van der Waals surface area contributed by atoms with E-state index in [1.54, 1.807) is 12.1 Å². The van der Waals surface area contributed by atoms with E-state index >= 15 is 0 Å². The summed E-state index contributed by atoms with van der Waals surface area (Å²) >= 11 is 0. The van der Waals surface area contributed by atoms with Crippen molar-refractivity contribution in [2.75, 3.05) is 6.54 Å². The maximum absolute atomic E-state index is 12.9. The van der Waals surface area contributed by atoms with E-state index in [1.165, 1.54) is 12.1 Å². The van der Waals surface area contributed by atoms with Crippen LogP contribution in [-0.4, -0.2) is 17.4 Å². The second-order valence-corrected chi connectivity index (χ2v) is 6.40. The summed E-state index contributed by atoms with van der Waals surface area (Å²) in [5.74, 6) is -0.116. The number of aromatic nitrogens is 1. The monoisotopic (exact) mass is 336 g/mol. The van der Waals surface area contributed by atoms with Crippen molar-refractivity contribution >= 4 is 16.8 Å². The number of carbonyl (C=O) groups is 1. The quantitative estimate of drug-likeness (QED) is 0.747. The lowest BCUT2D eigenvalue weighted by molar-refractivity contribution is 0.0955. The lowest BCUT2D eigenvalue weighted by Gasteiger charge is -2.12. The van der Waals surface area contributed by atoms with Crippen molar-refractivity contribution in [3.8, 4) is 0 Å². The van der Waals surface area contributed by atoms with E-state index < -0.39 is 0 Å². The molecule has 0 radical (unpaired) electrons. The fourth-order valence-corrected chi connectivity index (χ4v) is 2.75. The van der Waals surface area contributed by atoms with Crippen LogP contribution in [0.15, 0.2) is 54.6 Å². The van der Waals surface area contributed by atoms with Crippen LogP contribution in [0, 0.1) is 5.82 Å². The molecule has 1 heterocycles. The maximum atomic E-state index is 12.9. The standard InChI is InChI=1S/C21H21FN2O/c1-14(2)20-13-18(17-5-3-4-6-19(17)24-20)21(25)23-12-11-15-7-9-16(22)10-8-15/h3-10,13-14H,11-12H2,1-2H3,(H,23,25). The van der Waals surface area contributed by atoms with Gasteiger partial charge in [0.25, 0.3) is 5.91 Å². The van der Waals surface area contributed by atoms with Gasteiger partial charge in [-0.1, -0.05) is 44.2 Å². The third-order valence-corrected chi connectivity index (χ3v) is 4.18. The molecule has 0 fully saturated rings.